The third-order valence-corrected chi connectivity index (χ3v) is 4.90. The molecule has 1 aromatic carbocycles. The van der Waals surface area contributed by atoms with Crippen LogP contribution in [0.3, 0.4) is 0 Å². The molecule has 0 aliphatic carbocycles. The largest absolute Gasteiger partial charge is 0.466 e. The number of amidine groups is 1. The van der Waals surface area contributed by atoms with Gasteiger partial charge in [-0.3, -0.25) is 10.1 Å². The number of thioether (sulfide) groups is 1. The normalized spacial score (nSPS) is 18.0. The SMILES string of the molecule is COC(=O)/C=C1/S/C(=N\N=Cc2cc(F)c(I)cc2Br)NC1=O. The van der Waals surface area contributed by atoms with E-state index in [0.717, 1.165) is 17.8 Å². The topological polar surface area (TPSA) is 80.1 Å². The Morgan fingerprint density at radius 2 is 2.26 bits per heavy atom. The number of methoxy groups -OCH3 is 1. The lowest BCUT2D eigenvalue weighted by atomic mass is 10.2. The first-order chi connectivity index (χ1) is 10.9. The number of ether oxygens (including phenoxy) is 1. The number of amides is 1. The number of carbonyl (C=O) groups excluding carboxylic acids is 2. The van der Waals surface area contributed by atoms with Crippen molar-refractivity contribution < 1.29 is 18.7 Å². The van der Waals surface area contributed by atoms with E-state index in [1.807, 2.05) is 22.6 Å². The molecule has 2 rings (SSSR count). The summed E-state index contributed by atoms with van der Waals surface area (Å²) in [7, 11) is 1.22. The second-order valence-electron chi connectivity index (χ2n) is 4.03. The van der Waals surface area contributed by atoms with Crippen LogP contribution >= 0.6 is 50.3 Å². The first kappa shape index (κ1) is 18.1. The Labute approximate surface area is 156 Å². The van der Waals surface area contributed by atoms with Crippen molar-refractivity contribution in [2.45, 2.75) is 0 Å². The Bertz CT molecular complexity index is 767. The standard InChI is InChI=1S/C13H8BrFIN3O3S/c1-22-11(20)4-10-12(21)18-13(23-10)19-17-5-6-2-8(15)9(16)3-7(6)14/h2-5H,1H3,(H,18,19,21)/b10-4+,17-5?. The van der Waals surface area contributed by atoms with E-state index in [-0.39, 0.29) is 15.9 Å². The maximum Gasteiger partial charge on any atom is 0.331 e. The van der Waals surface area contributed by atoms with Gasteiger partial charge >= 0.3 is 5.97 Å². The Balaban J connectivity index is 2.13. The minimum atomic E-state index is -0.634. The summed E-state index contributed by atoms with van der Waals surface area (Å²) < 4.78 is 19.1. The van der Waals surface area contributed by atoms with E-state index < -0.39 is 11.9 Å². The number of carbonyl (C=O) groups is 2. The lowest BCUT2D eigenvalue weighted by Crippen LogP contribution is -2.19. The van der Waals surface area contributed by atoms with E-state index in [1.54, 1.807) is 6.07 Å². The van der Waals surface area contributed by atoms with Crippen molar-refractivity contribution in [3.8, 4) is 0 Å². The van der Waals surface area contributed by atoms with Crippen LogP contribution in [0, 0.1) is 9.39 Å². The van der Waals surface area contributed by atoms with Crippen molar-refractivity contribution >= 4 is 73.5 Å². The van der Waals surface area contributed by atoms with Crippen LogP contribution in [0.25, 0.3) is 0 Å². The Hall–Kier alpha value is -1.27. The average Bonchev–Trinajstić information content (AvgIpc) is 2.84. The van der Waals surface area contributed by atoms with Gasteiger partial charge in [0.15, 0.2) is 5.17 Å². The van der Waals surface area contributed by atoms with Gasteiger partial charge < -0.3 is 4.74 Å². The lowest BCUT2D eigenvalue weighted by molar-refractivity contribution is -0.135. The summed E-state index contributed by atoms with van der Waals surface area (Å²) >= 11 is 6.14. The predicted octanol–water partition coefficient (Wildman–Crippen LogP) is 2.80. The second-order valence-corrected chi connectivity index (χ2v) is 7.07. The molecule has 1 saturated heterocycles. The van der Waals surface area contributed by atoms with Gasteiger partial charge in [0.2, 0.25) is 0 Å². The molecule has 1 N–H and O–H groups in total. The van der Waals surface area contributed by atoms with Crippen molar-refractivity contribution in [2.75, 3.05) is 7.11 Å². The molecule has 0 atom stereocenters. The van der Waals surface area contributed by atoms with Gasteiger partial charge in [0.25, 0.3) is 5.91 Å². The summed E-state index contributed by atoms with van der Waals surface area (Å²) in [5, 5.41) is 10.3. The van der Waals surface area contributed by atoms with Crippen LogP contribution in [-0.2, 0) is 14.3 Å². The fraction of sp³-hybridized carbons (Fsp3) is 0.0769. The van der Waals surface area contributed by atoms with Crippen LogP contribution in [0.2, 0.25) is 0 Å². The maximum atomic E-state index is 13.5. The Kier molecular flexibility index (Phi) is 6.30. The van der Waals surface area contributed by atoms with E-state index in [4.69, 9.17) is 0 Å². The molecular weight excluding hydrogens is 504 g/mol. The van der Waals surface area contributed by atoms with Crippen molar-refractivity contribution in [3.05, 3.63) is 42.5 Å². The lowest BCUT2D eigenvalue weighted by Gasteiger charge is -1.99. The Morgan fingerprint density at radius 1 is 1.52 bits per heavy atom. The summed E-state index contributed by atoms with van der Waals surface area (Å²) in [6.07, 6.45) is 2.42. The van der Waals surface area contributed by atoms with E-state index in [1.165, 1.54) is 19.4 Å². The van der Waals surface area contributed by atoms with Crippen LogP contribution in [0.5, 0.6) is 0 Å². The highest BCUT2D eigenvalue weighted by Gasteiger charge is 2.24. The molecular formula is C13H8BrFIN3O3S. The van der Waals surface area contributed by atoms with Gasteiger partial charge in [0.05, 0.1) is 18.2 Å². The van der Waals surface area contributed by atoms with Crippen molar-refractivity contribution in [3.63, 3.8) is 0 Å². The first-order valence-corrected chi connectivity index (χ1v) is 8.64. The van der Waals surface area contributed by atoms with E-state index >= 15 is 0 Å². The molecule has 10 heteroatoms. The summed E-state index contributed by atoms with van der Waals surface area (Å²) in [5.41, 5.74) is 0.506. The minimum absolute atomic E-state index is 0.160. The molecule has 0 aromatic heterocycles. The van der Waals surface area contributed by atoms with E-state index in [0.29, 0.717) is 13.6 Å². The van der Waals surface area contributed by atoms with Crippen LogP contribution in [0.4, 0.5) is 4.39 Å². The third kappa shape index (κ3) is 4.85. The molecule has 1 aromatic rings. The van der Waals surface area contributed by atoms with Gasteiger partial charge in [-0.25, -0.2) is 9.18 Å². The van der Waals surface area contributed by atoms with Gasteiger partial charge in [0, 0.05) is 19.7 Å². The predicted molar refractivity (Wildman–Crippen MR) is 97.7 cm³/mol. The highest BCUT2D eigenvalue weighted by Crippen LogP contribution is 2.24. The molecule has 6 nitrogen and oxygen atoms in total. The molecule has 1 aliphatic rings. The molecule has 0 spiro atoms. The highest BCUT2D eigenvalue weighted by atomic mass is 127. The monoisotopic (exact) mass is 511 g/mol. The zero-order valence-corrected chi connectivity index (χ0v) is 16.0. The highest BCUT2D eigenvalue weighted by molar-refractivity contribution is 14.1. The number of rotatable bonds is 3. The van der Waals surface area contributed by atoms with Crippen LogP contribution in [-0.4, -0.2) is 30.4 Å². The fourth-order valence-electron chi connectivity index (χ4n) is 1.42. The summed E-state index contributed by atoms with van der Waals surface area (Å²) in [4.78, 5) is 22.9. The number of esters is 1. The molecule has 23 heavy (non-hydrogen) atoms. The maximum absolute atomic E-state index is 13.5. The van der Waals surface area contributed by atoms with E-state index in [2.05, 4.69) is 36.2 Å². The number of hydrogen-bond donors (Lipinski definition) is 1. The molecule has 0 saturated carbocycles. The zero-order chi connectivity index (χ0) is 17.0. The molecule has 1 fully saturated rings. The number of nitrogens with one attached hydrogen (secondary N) is 1. The third-order valence-electron chi connectivity index (χ3n) is 2.49. The molecule has 1 aliphatic heterocycles. The van der Waals surface area contributed by atoms with Crippen molar-refractivity contribution in [2.24, 2.45) is 10.2 Å². The van der Waals surface area contributed by atoms with Gasteiger partial charge in [0.1, 0.15) is 5.82 Å². The molecule has 0 bridgehead atoms. The quantitative estimate of drug-likeness (QED) is 0.169. The molecule has 1 amide bonds. The number of hydrogen-bond acceptors (Lipinski definition) is 6. The molecule has 1 heterocycles. The summed E-state index contributed by atoms with van der Waals surface area (Å²) in [6, 6.07) is 2.94. The smallest absolute Gasteiger partial charge is 0.331 e. The molecule has 120 valence electrons. The molecule has 0 unspecified atom stereocenters. The zero-order valence-electron chi connectivity index (χ0n) is 11.5. The summed E-state index contributed by atoms with van der Waals surface area (Å²) in [6.45, 7) is 0. The van der Waals surface area contributed by atoms with Crippen molar-refractivity contribution in [1.29, 1.82) is 0 Å². The van der Waals surface area contributed by atoms with Gasteiger partial charge in [-0.15, -0.1) is 5.10 Å². The Morgan fingerprint density at radius 3 is 2.96 bits per heavy atom. The van der Waals surface area contributed by atoms with Crippen LogP contribution in [0.15, 0.2) is 37.8 Å². The van der Waals surface area contributed by atoms with Gasteiger partial charge in [-0.2, -0.15) is 5.10 Å². The molecule has 0 radical (unpaired) electrons. The van der Waals surface area contributed by atoms with E-state index in [9.17, 15) is 14.0 Å². The van der Waals surface area contributed by atoms with Crippen molar-refractivity contribution in [1.82, 2.24) is 5.32 Å². The average molecular weight is 512 g/mol. The fourth-order valence-corrected chi connectivity index (χ4v) is 3.50. The van der Waals surface area contributed by atoms with Gasteiger partial charge in [-0.05, 0) is 46.5 Å². The van der Waals surface area contributed by atoms with Crippen LogP contribution < -0.4 is 5.32 Å². The first-order valence-electron chi connectivity index (χ1n) is 5.95. The number of nitrogens with zero attached hydrogens (tertiary/aromatic N) is 2. The van der Waals surface area contributed by atoms with Gasteiger partial charge in [-0.1, -0.05) is 15.9 Å². The second kappa shape index (κ2) is 8.02. The minimum Gasteiger partial charge on any atom is -0.466 e. The number of halogens is 3. The number of benzene rings is 1. The summed E-state index contributed by atoms with van der Waals surface area (Å²) in [5.74, 6) is -1.46. The van der Waals surface area contributed by atoms with Crippen LogP contribution in [0.1, 0.15) is 5.56 Å².